The summed E-state index contributed by atoms with van der Waals surface area (Å²) in [6.07, 6.45) is 6.15. The van der Waals surface area contributed by atoms with Crippen molar-refractivity contribution in [2.24, 2.45) is 4.99 Å². The first-order valence-electron chi connectivity index (χ1n) is 8.56. The predicted molar refractivity (Wildman–Crippen MR) is 104 cm³/mol. The SMILES string of the molecule is CN1CC(O)=C(C(=O)Nc2cnoc2)N=C1c1ccccc1-c1cccnc1. The van der Waals surface area contributed by atoms with Crippen LogP contribution in [0.25, 0.3) is 11.1 Å². The van der Waals surface area contributed by atoms with E-state index in [0.717, 1.165) is 16.7 Å². The number of likely N-dealkylation sites (N-methyl/N-ethyl adjacent to an activating group) is 1. The molecular formula is C20H17N5O3. The van der Waals surface area contributed by atoms with Crippen LogP contribution in [0.5, 0.6) is 0 Å². The van der Waals surface area contributed by atoms with Gasteiger partial charge in [0.15, 0.2) is 5.70 Å². The lowest BCUT2D eigenvalue weighted by atomic mass is 9.99. The molecule has 0 radical (unpaired) electrons. The van der Waals surface area contributed by atoms with E-state index in [9.17, 15) is 9.90 Å². The summed E-state index contributed by atoms with van der Waals surface area (Å²) < 4.78 is 4.71. The Hall–Kier alpha value is -3.94. The number of rotatable bonds is 4. The maximum atomic E-state index is 12.6. The van der Waals surface area contributed by atoms with Gasteiger partial charge in [0, 0.05) is 30.6 Å². The zero-order chi connectivity index (χ0) is 19.5. The molecule has 0 saturated carbocycles. The first-order chi connectivity index (χ1) is 13.6. The number of carbonyl (C=O) groups excluding carboxylic acids is 1. The summed E-state index contributed by atoms with van der Waals surface area (Å²) in [7, 11) is 1.81. The Morgan fingerprint density at radius 2 is 2.00 bits per heavy atom. The number of pyridine rings is 1. The molecular weight excluding hydrogens is 358 g/mol. The van der Waals surface area contributed by atoms with Crippen LogP contribution in [-0.2, 0) is 4.79 Å². The van der Waals surface area contributed by atoms with E-state index < -0.39 is 5.91 Å². The number of hydrogen-bond donors (Lipinski definition) is 2. The molecule has 3 heterocycles. The van der Waals surface area contributed by atoms with Crippen LogP contribution in [0.3, 0.4) is 0 Å². The van der Waals surface area contributed by atoms with Gasteiger partial charge in [-0.05, 0) is 11.6 Å². The Morgan fingerprint density at radius 1 is 1.18 bits per heavy atom. The molecule has 1 aromatic carbocycles. The van der Waals surface area contributed by atoms with Crippen molar-refractivity contribution in [2.75, 3.05) is 18.9 Å². The van der Waals surface area contributed by atoms with Crippen molar-refractivity contribution < 1.29 is 14.4 Å². The zero-order valence-electron chi connectivity index (χ0n) is 15.0. The van der Waals surface area contributed by atoms with Crippen molar-refractivity contribution >= 4 is 17.4 Å². The summed E-state index contributed by atoms with van der Waals surface area (Å²) in [4.78, 5) is 23.0. The molecule has 140 valence electrons. The van der Waals surface area contributed by atoms with Crippen LogP contribution in [-0.4, -0.2) is 45.5 Å². The Kier molecular flexibility index (Phi) is 4.59. The van der Waals surface area contributed by atoms with Gasteiger partial charge in [0.25, 0.3) is 5.91 Å². The van der Waals surface area contributed by atoms with E-state index in [4.69, 9.17) is 4.52 Å². The smallest absolute Gasteiger partial charge is 0.278 e. The lowest BCUT2D eigenvalue weighted by molar-refractivity contribution is -0.113. The number of aliphatic hydroxyl groups is 1. The summed E-state index contributed by atoms with van der Waals surface area (Å²) in [5, 5.41) is 16.5. The average molecular weight is 375 g/mol. The number of amides is 1. The minimum atomic E-state index is -0.537. The van der Waals surface area contributed by atoms with Gasteiger partial charge in [-0.3, -0.25) is 9.78 Å². The second-order valence-corrected chi connectivity index (χ2v) is 6.24. The van der Waals surface area contributed by atoms with Crippen LogP contribution in [0.4, 0.5) is 5.69 Å². The maximum Gasteiger partial charge on any atom is 0.278 e. The molecule has 8 heteroatoms. The lowest BCUT2D eigenvalue weighted by Gasteiger charge is -2.27. The fourth-order valence-electron chi connectivity index (χ4n) is 2.99. The fraction of sp³-hybridized carbons (Fsp3) is 0.100. The van der Waals surface area contributed by atoms with Crippen LogP contribution >= 0.6 is 0 Å². The third-order valence-corrected chi connectivity index (χ3v) is 4.29. The topological polar surface area (TPSA) is 104 Å². The molecule has 1 amide bonds. The molecule has 0 aliphatic carbocycles. The molecule has 4 rings (SSSR count). The second kappa shape index (κ2) is 7.36. The molecule has 0 atom stereocenters. The van der Waals surface area contributed by atoms with E-state index in [0.29, 0.717) is 11.5 Å². The van der Waals surface area contributed by atoms with Gasteiger partial charge in [0.2, 0.25) is 0 Å². The predicted octanol–water partition coefficient (Wildman–Crippen LogP) is 2.84. The van der Waals surface area contributed by atoms with Gasteiger partial charge in [-0.25, -0.2) is 4.99 Å². The number of anilines is 1. The van der Waals surface area contributed by atoms with Crippen LogP contribution < -0.4 is 5.32 Å². The lowest BCUT2D eigenvalue weighted by Crippen LogP contribution is -2.35. The van der Waals surface area contributed by atoms with Crippen molar-refractivity contribution in [3.63, 3.8) is 0 Å². The highest BCUT2D eigenvalue weighted by atomic mass is 16.5. The van der Waals surface area contributed by atoms with Crippen LogP contribution in [0.2, 0.25) is 0 Å². The number of amidine groups is 1. The molecule has 0 fully saturated rings. The summed E-state index contributed by atoms with van der Waals surface area (Å²) >= 11 is 0. The van der Waals surface area contributed by atoms with Crippen molar-refractivity contribution in [1.82, 2.24) is 15.0 Å². The maximum absolute atomic E-state index is 12.6. The molecule has 8 nitrogen and oxygen atoms in total. The highest BCUT2D eigenvalue weighted by Crippen LogP contribution is 2.27. The molecule has 28 heavy (non-hydrogen) atoms. The molecule has 0 spiro atoms. The summed E-state index contributed by atoms with van der Waals surface area (Å²) in [5.41, 5.74) is 3.04. The number of aliphatic hydroxyl groups excluding tert-OH is 1. The zero-order valence-corrected chi connectivity index (χ0v) is 15.0. The van der Waals surface area contributed by atoms with Gasteiger partial charge in [0.1, 0.15) is 23.5 Å². The first-order valence-corrected chi connectivity index (χ1v) is 8.56. The molecule has 3 aromatic rings. The minimum Gasteiger partial charge on any atom is -0.508 e. The van der Waals surface area contributed by atoms with Crippen molar-refractivity contribution in [1.29, 1.82) is 0 Å². The molecule has 0 unspecified atom stereocenters. The Morgan fingerprint density at radius 3 is 2.71 bits per heavy atom. The number of aromatic nitrogens is 2. The Balaban J connectivity index is 1.74. The normalized spacial score (nSPS) is 14.0. The Labute approximate surface area is 160 Å². The fourth-order valence-corrected chi connectivity index (χ4v) is 2.99. The summed E-state index contributed by atoms with van der Waals surface area (Å²) in [5.74, 6) is -0.0723. The van der Waals surface area contributed by atoms with Crippen LogP contribution in [0, 0.1) is 0 Å². The van der Waals surface area contributed by atoms with Gasteiger partial charge in [-0.1, -0.05) is 35.5 Å². The number of nitrogens with one attached hydrogen (secondary N) is 1. The molecule has 1 aliphatic rings. The largest absolute Gasteiger partial charge is 0.508 e. The van der Waals surface area contributed by atoms with E-state index in [1.54, 1.807) is 17.3 Å². The first kappa shape index (κ1) is 17.5. The summed E-state index contributed by atoms with van der Waals surface area (Å²) in [6, 6.07) is 11.6. The minimum absolute atomic E-state index is 0.0460. The number of aliphatic imine (C=N–C) groups is 1. The van der Waals surface area contributed by atoms with Crippen molar-refractivity contribution in [3.8, 4) is 11.1 Å². The monoisotopic (exact) mass is 375 g/mol. The Bertz CT molecular complexity index is 1060. The molecule has 2 aromatic heterocycles. The number of carbonyl (C=O) groups is 1. The molecule has 1 aliphatic heterocycles. The summed E-state index contributed by atoms with van der Waals surface area (Å²) in [6.45, 7) is 0.159. The van der Waals surface area contributed by atoms with E-state index in [2.05, 4.69) is 20.4 Å². The quantitative estimate of drug-likeness (QED) is 0.727. The molecule has 0 saturated heterocycles. The standard InChI is InChI=1S/C20H17N5O3/c1-25-11-17(26)18(20(27)23-14-10-22-28-12-14)24-19(25)16-7-3-2-6-15(16)13-5-4-8-21-9-13/h2-10,12,26H,11H2,1H3,(H,23,27). The van der Waals surface area contributed by atoms with Crippen LogP contribution in [0.1, 0.15) is 5.56 Å². The average Bonchev–Trinajstić information content (AvgIpc) is 3.22. The number of hydrogen-bond acceptors (Lipinski definition) is 7. The second-order valence-electron chi connectivity index (χ2n) is 6.24. The third-order valence-electron chi connectivity index (χ3n) is 4.29. The van der Waals surface area contributed by atoms with Gasteiger partial charge >= 0.3 is 0 Å². The molecule has 2 N–H and O–H groups in total. The van der Waals surface area contributed by atoms with Gasteiger partial charge in [0.05, 0.1) is 12.7 Å². The van der Waals surface area contributed by atoms with E-state index in [1.165, 1.54) is 12.5 Å². The van der Waals surface area contributed by atoms with Gasteiger partial charge in [-0.2, -0.15) is 0 Å². The van der Waals surface area contributed by atoms with Gasteiger partial charge in [-0.15, -0.1) is 0 Å². The third kappa shape index (κ3) is 3.35. The highest BCUT2D eigenvalue weighted by molar-refractivity contribution is 6.11. The van der Waals surface area contributed by atoms with E-state index in [1.807, 2.05) is 43.4 Å². The van der Waals surface area contributed by atoms with Crippen LogP contribution in [0.15, 0.2) is 82.2 Å². The van der Waals surface area contributed by atoms with Crippen molar-refractivity contribution in [3.05, 3.63) is 78.3 Å². The highest BCUT2D eigenvalue weighted by Gasteiger charge is 2.26. The number of benzene rings is 1. The molecule has 0 bridgehead atoms. The van der Waals surface area contributed by atoms with Crippen molar-refractivity contribution in [2.45, 2.75) is 0 Å². The van der Waals surface area contributed by atoms with E-state index >= 15 is 0 Å². The number of nitrogens with zero attached hydrogens (tertiary/aromatic N) is 4. The van der Waals surface area contributed by atoms with E-state index in [-0.39, 0.29) is 18.0 Å². The van der Waals surface area contributed by atoms with Gasteiger partial charge < -0.3 is 19.8 Å².